The van der Waals surface area contributed by atoms with E-state index in [1.54, 1.807) is 29.9 Å². The van der Waals surface area contributed by atoms with Crippen LogP contribution < -0.4 is 16.0 Å². The lowest BCUT2D eigenvalue weighted by Gasteiger charge is -2.00. The van der Waals surface area contributed by atoms with Crippen LogP contribution in [0.5, 0.6) is 0 Å². The van der Waals surface area contributed by atoms with Gasteiger partial charge in [-0.3, -0.25) is 9.48 Å². The summed E-state index contributed by atoms with van der Waals surface area (Å²) >= 11 is 5.74. The van der Waals surface area contributed by atoms with Gasteiger partial charge >= 0.3 is 0 Å². The fraction of sp³-hybridized carbons (Fsp3) is 0.222. The Hall–Kier alpha value is -2.93. The number of pyridine rings is 1. The molecule has 0 fully saturated rings. The first kappa shape index (κ1) is 17.9. The number of aromatic nitrogens is 5. The molecule has 0 aliphatic rings. The number of hydrogen-bond acceptors (Lipinski definition) is 4. The molecule has 0 saturated carbocycles. The normalized spacial score (nSPS) is 12.6. The van der Waals surface area contributed by atoms with Gasteiger partial charge in [0.1, 0.15) is 10.8 Å². The van der Waals surface area contributed by atoms with Gasteiger partial charge in [-0.1, -0.05) is 30.7 Å². The highest BCUT2D eigenvalue weighted by atomic mass is 35.5. The fourth-order valence-corrected chi connectivity index (χ4v) is 2.66. The molecule has 26 heavy (non-hydrogen) atoms. The van der Waals surface area contributed by atoms with Crippen LogP contribution in [0.4, 0.5) is 5.82 Å². The van der Waals surface area contributed by atoms with Gasteiger partial charge < -0.3 is 10.3 Å². The minimum Gasteiger partial charge on any atom is -0.337 e. The van der Waals surface area contributed by atoms with Crippen LogP contribution in [0.1, 0.15) is 30.6 Å². The minimum absolute atomic E-state index is 0.305. The molecular weight excluding hydrogens is 352 g/mol. The number of rotatable bonds is 4. The lowest BCUT2D eigenvalue weighted by molar-refractivity contribution is 0.102. The van der Waals surface area contributed by atoms with Crippen LogP contribution in [0.15, 0.2) is 24.4 Å². The summed E-state index contributed by atoms with van der Waals surface area (Å²) in [5.74, 6) is 0.823. The summed E-state index contributed by atoms with van der Waals surface area (Å²) in [6.07, 6.45) is 6.36. The van der Waals surface area contributed by atoms with Crippen molar-refractivity contribution in [3.63, 3.8) is 0 Å². The number of nitrogens with one attached hydrogen (secondary N) is 2. The van der Waals surface area contributed by atoms with Gasteiger partial charge in [0.2, 0.25) is 0 Å². The zero-order valence-electron chi connectivity index (χ0n) is 14.7. The van der Waals surface area contributed by atoms with Crippen molar-refractivity contribution in [3.05, 3.63) is 45.8 Å². The highest BCUT2D eigenvalue weighted by Gasteiger charge is 2.13. The van der Waals surface area contributed by atoms with E-state index in [-0.39, 0.29) is 5.91 Å². The Kier molecular flexibility index (Phi) is 5.18. The summed E-state index contributed by atoms with van der Waals surface area (Å²) in [6.45, 7) is 4.02. The van der Waals surface area contributed by atoms with Crippen molar-refractivity contribution in [3.8, 4) is 11.5 Å². The lowest BCUT2D eigenvalue weighted by Crippen LogP contribution is -2.23. The molecule has 0 unspecified atom stereocenters. The number of amides is 1. The summed E-state index contributed by atoms with van der Waals surface area (Å²) in [6, 6.07) is 4.95. The van der Waals surface area contributed by atoms with E-state index >= 15 is 0 Å². The van der Waals surface area contributed by atoms with Crippen LogP contribution >= 0.6 is 11.6 Å². The Morgan fingerprint density at radius 1 is 1.42 bits per heavy atom. The van der Waals surface area contributed by atoms with Gasteiger partial charge in [0.25, 0.3) is 5.91 Å². The van der Waals surface area contributed by atoms with Crippen molar-refractivity contribution in [2.75, 3.05) is 5.32 Å². The largest absolute Gasteiger partial charge is 0.337 e. The van der Waals surface area contributed by atoms with E-state index in [1.165, 1.54) is 6.20 Å². The Morgan fingerprint density at radius 3 is 2.88 bits per heavy atom. The molecule has 2 N–H and O–H groups in total. The predicted molar refractivity (Wildman–Crippen MR) is 102 cm³/mol. The molecule has 0 aromatic carbocycles. The van der Waals surface area contributed by atoms with Crippen LogP contribution in [-0.4, -0.2) is 30.6 Å². The SMILES string of the molecule is C/C=c1/nc(-c2cc(NC(=O)c3ccc(Cl)nc3)nn2C)[nH]/c1=C/CC. The standard InChI is InChI=1S/C18H19ClN6O/c1-4-6-13-12(5-2)21-17(22-13)14-9-16(24-25(14)3)23-18(26)11-7-8-15(19)20-10-11/h5-10H,4H2,1-3H3,(H,21,22)(H,23,24,26)/b12-5+,13-6+. The molecule has 0 saturated heterocycles. The van der Waals surface area contributed by atoms with Gasteiger partial charge in [-0.05, 0) is 25.5 Å². The number of aryl methyl sites for hydroxylation is 1. The lowest BCUT2D eigenvalue weighted by atomic mass is 10.2. The Balaban J connectivity index is 1.89. The molecule has 0 radical (unpaired) electrons. The number of anilines is 1. The van der Waals surface area contributed by atoms with Crippen molar-refractivity contribution in [2.45, 2.75) is 20.3 Å². The van der Waals surface area contributed by atoms with Crippen molar-refractivity contribution in [1.29, 1.82) is 0 Å². The molecule has 7 nitrogen and oxygen atoms in total. The van der Waals surface area contributed by atoms with Crippen molar-refractivity contribution in [2.24, 2.45) is 7.05 Å². The van der Waals surface area contributed by atoms with Gasteiger partial charge in [0.05, 0.1) is 16.3 Å². The number of halogens is 1. The smallest absolute Gasteiger partial charge is 0.258 e. The first-order chi connectivity index (χ1) is 12.5. The Bertz CT molecular complexity index is 1050. The third-order valence-corrected chi connectivity index (χ3v) is 4.02. The predicted octanol–water partition coefficient (Wildman–Crippen LogP) is 2.10. The molecule has 1 amide bonds. The molecule has 0 bridgehead atoms. The number of carbonyl (C=O) groups is 1. The Morgan fingerprint density at radius 2 is 2.23 bits per heavy atom. The summed E-state index contributed by atoms with van der Waals surface area (Å²) < 4.78 is 1.67. The number of hydrogen-bond donors (Lipinski definition) is 2. The van der Waals surface area contributed by atoms with E-state index in [9.17, 15) is 4.79 Å². The molecule has 8 heteroatoms. The molecular formula is C18H19ClN6O. The van der Waals surface area contributed by atoms with E-state index in [4.69, 9.17) is 11.6 Å². The summed E-state index contributed by atoms with van der Waals surface area (Å²) in [4.78, 5) is 24.1. The van der Waals surface area contributed by atoms with Crippen LogP contribution in [0.3, 0.4) is 0 Å². The van der Waals surface area contributed by atoms with Crippen molar-refractivity contribution < 1.29 is 4.79 Å². The summed E-state index contributed by atoms with van der Waals surface area (Å²) in [5.41, 5.74) is 1.18. The zero-order chi connectivity index (χ0) is 18.7. The molecule has 3 aromatic rings. The third-order valence-electron chi connectivity index (χ3n) is 3.80. The number of aromatic amines is 1. The number of H-pyrrole nitrogens is 1. The molecule has 0 aliphatic heterocycles. The van der Waals surface area contributed by atoms with E-state index in [0.717, 1.165) is 22.8 Å². The van der Waals surface area contributed by atoms with E-state index < -0.39 is 0 Å². The van der Waals surface area contributed by atoms with Gasteiger partial charge in [-0.25, -0.2) is 9.97 Å². The van der Waals surface area contributed by atoms with E-state index in [1.807, 2.05) is 13.0 Å². The average molecular weight is 371 g/mol. The molecule has 0 atom stereocenters. The second-order valence-corrected chi connectivity index (χ2v) is 6.03. The zero-order valence-corrected chi connectivity index (χ0v) is 15.5. The molecule has 3 rings (SSSR count). The number of carbonyl (C=O) groups excluding carboxylic acids is 1. The van der Waals surface area contributed by atoms with E-state index in [0.29, 0.717) is 22.4 Å². The molecule has 3 aromatic heterocycles. The quantitative estimate of drug-likeness (QED) is 0.688. The fourth-order valence-electron chi connectivity index (χ4n) is 2.55. The first-order valence-corrected chi connectivity index (χ1v) is 8.59. The van der Waals surface area contributed by atoms with Crippen LogP contribution in [0, 0.1) is 0 Å². The van der Waals surface area contributed by atoms with Gasteiger partial charge in [0.15, 0.2) is 11.6 Å². The van der Waals surface area contributed by atoms with Crippen LogP contribution in [0.2, 0.25) is 5.15 Å². The minimum atomic E-state index is -0.305. The highest BCUT2D eigenvalue weighted by Crippen LogP contribution is 2.17. The van der Waals surface area contributed by atoms with Gasteiger partial charge in [0, 0.05) is 19.3 Å². The maximum atomic E-state index is 12.3. The van der Waals surface area contributed by atoms with Gasteiger partial charge in [-0.2, -0.15) is 5.10 Å². The summed E-state index contributed by atoms with van der Waals surface area (Å²) in [7, 11) is 1.80. The molecule has 0 aliphatic carbocycles. The maximum absolute atomic E-state index is 12.3. The third kappa shape index (κ3) is 3.67. The second-order valence-electron chi connectivity index (χ2n) is 5.65. The number of nitrogens with zero attached hydrogens (tertiary/aromatic N) is 4. The van der Waals surface area contributed by atoms with Crippen LogP contribution in [-0.2, 0) is 7.05 Å². The number of imidazole rings is 1. The van der Waals surface area contributed by atoms with Crippen molar-refractivity contribution in [1.82, 2.24) is 24.7 Å². The summed E-state index contributed by atoms with van der Waals surface area (Å²) in [5, 5.41) is 9.30. The molecule has 3 heterocycles. The molecule has 134 valence electrons. The second kappa shape index (κ2) is 7.53. The maximum Gasteiger partial charge on any atom is 0.258 e. The topological polar surface area (TPSA) is 88.5 Å². The molecule has 0 spiro atoms. The van der Waals surface area contributed by atoms with Crippen LogP contribution in [0.25, 0.3) is 23.7 Å². The first-order valence-electron chi connectivity index (χ1n) is 8.21. The average Bonchev–Trinajstić information content (AvgIpc) is 3.18. The Labute approximate surface area is 155 Å². The highest BCUT2D eigenvalue weighted by molar-refractivity contribution is 6.29. The van der Waals surface area contributed by atoms with E-state index in [2.05, 4.69) is 38.4 Å². The monoisotopic (exact) mass is 370 g/mol. The van der Waals surface area contributed by atoms with Gasteiger partial charge in [-0.15, -0.1) is 0 Å². The van der Waals surface area contributed by atoms with Crippen molar-refractivity contribution >= 4 is 35.5 Å².